The molecule has 152 valence electrons. The van der Waals surface area contributed by atoms with Crippen molar-refractivity contribution in [3.63, 3.8) is 0 Å². The van der Waals surface area contributed by atoms with Gasteiger partial charge in [-0.05, 0) is 35.9 Å². The zero-order valence-corrected chi connectivity index (χ0v) is 18.7. The van der Waals surface area contributed by atoms with Crippen molar-refractivity contribution in [3.05, 3.63) is 84.7 Å². The van der Waals surface area contributed by atoms with Gasteiger partial charge in [0.15, 0.2) is 0 Å². The van der Waals surface area contributed by atoms with E-state index in [0.717, 1.165) is 8.99 Å². The molecule has 0 N–H and O–H groups in total. The Morgan fingerprint density at radius 2 is 1.62 bits per heavy atom. The van der Waals surface area contributed by atoms with Crippen LogP contribution in [0.25, 0.3) is 5.69 Å². The van der Waals surface area contributed by atoms with E-state index in [2.05, 4.69) is 5.10 Å². The summed E-state index contributed by atoms with van der Waals surface area (Å²) in [6.45, 7) is 0.0390. The third-order valence-corrected chi connectivity index (χ3v) is 7.51. The Balaban J connectivity index is 1.89. The second-order valence-corrected chi connectivity index (χ2v) is 9.61. The highest BCUT2D eigenvalue weighted by molar-refractivity contribution is 7.89. The molecule has 0 radical (unpaired) electrons. The fourth-order valence-electron chi connectivity index (χ4n) is 2.53. The highest BCUT2D eigenvalue weighted by Gasteiger charge is 2.22. The van der Waals surface area contributed by atoms with Crippen molar-refractivity contribution in [2.75, 3.05) is 7.05 Å². The summed E-state index contributed by atoms with van der Waals surface area (Å²) >= 11 is 23.8. The van der Waals surface area contributed by atoms with Crippen molar-refractivity contribution >= 4 is 56.4 Å². The van der Waals surface area contributed by atoms with Crippen LogP contribution in [-0.2, 0) is 16.6 Å². The maximum atomic E-state index is 12.9. The van der Waals surface area contributed by atoms with Crippen molar-refractivity contribution in [1.82, 2.24) is 14.1 Å². The maximum absolute atomic E-state index is 12.9. The fraction of sp³-hybridized carbons (Fsp3) is 0.111. The van der Waals surface area contributed by atoms with E-state index < -0.39 is 15.6 Å². The molecule has 1 aromatic heterocycles. The smallest absolute Gasteiger partial charge is 0.266 e. The molecule has 0 amide bonds. The van der Waals surface area contributed by atoms with Crippen LogP contribution >= 0.6 is 46.4 Å². The largest absolute Gasteiger partial charge is 0.291 e. The van der Waals surface area contributed by atoms with E-state index in [1.54, 1.807) is 18.2 Å². The molecule has 0 fully saturated rings. The summed E-state index contributed by atoms with van der Waals surface area (Å²) in [4.78, 5) is 12.2. The van der Waals surface area contributed by atoms with Gasteiger partial charge in [-0.2, -0.15) is 14.1 Å². The van der Waals surface area contributed by atoms with E-state index in [-0.39, 0.29) is 21.5 Å². The number of aromatic nitrogens is 2. The number of hydrogen-bond donors (Lipinski definition) is 0. The van der Waals surface area contributed by atoms with Crippen molar-refractivity contribution in [2.45, 2.75) is 11.4 Å². The van der Waals surface area contributed by atoms with Crippen molar-refractivity contribution in [3.8, 4) is 5.69 Å². The predicted molar refractivity (Wildman–Crippen MR) is 115 cm³/mol. The van der Waals surface area contributed by atoms with Crippen LogP contribution in [0.4, 0.5) is 0 Å². The predicted octanol–water partition coefficient (Wildman–Crippen LogP) is 4.67. The summed E-state index contributed by atoms with van der Waals surface area (Å²) in [5.74, 6) is 0. The van der Waals surface area contributed by atoms with Gasteiger partial charge in [-0.15, -0.1) is 0 Å². The van der Waals surface area contributed by atoms with E-state index in [0.29, 0.717) is 21.3 Å². The first-order valence-electron chi connectivity index (χ1n) is 8.06. The number of sulfonamides is 1. The van der Waals surface area contributed by atoms with Gasteiger partial charge in [0.25, 0.3) is 5.56 Å². The van der Waals surface area contributed by atoms with Crippen molar-refractivity contribution < 1.29 is 8.42 Å². The minimum absolute atomic E-state index is 0.0356. The molecule has 3 rings (SSSR count). The molecule has 0 aliphatic heterocycles. The van der Waals surface area contributed by atoms with Crippen LogP contribution in [0.5, 0.6) is 0 Å². The summed E-state index contributed by atoms with van der Waals surface area (Å²) in [5, 5.41) is 4.42. The third-order valence-electron chi connectivity index (χ3n) is 4.09. The molecule has 3 aromatic rings. The molecule has 11 heteroatoms. The van der Waals surface area contributed by atoms with E-state index in [4.69, 9.17) is 46.4 Å². The topological polar surface area (TPSA) is 72.3 Å². The molecule has 29 heavy (non-hydrogen) atoms. The first kappa shape index (κ1) is 22.1. The lowest BCUT2D eigenvalue weighted by Gasteiger charge is -2.18. The van der Waals surface area contributed by atoms with Gasteiger partial charge in [0.05, 0.1) is 31.8 Å². The van der Waals surface area contributed by atoms with Gasteiger partial charge in [0.1, 0.15) is 5.02 Å². The van der Waals surface area contributed by atoms with Crippen LogP contribution in [-0.4, -0.2) is 29.6 Å². The monoisotopic (exact) mass is 491 g/mol. The second-order valence-electron chi connectivity index (χ2n) is 5.99. The molecule has 0 atom stereocenters. The average molecular weight is 493 g/mol. The minimum atomic E-state index is -3.81. The Morgan fingerprint density at radius 3 is 2.28 bits per heavy atom. The summed E-state index contributed by atoms with van der Waals surface area (Å²) in [7, 11) is -2.38. The molecule has 0 spiro atoms. The van der Waals surface area contributed by atoms with Gasteiger partial charge in [-0.25, -0.2) is 8.42 Å². The highest BCUT2D eigenvalue weighted by Crippen LogP contribution is 2.28. The molecule has 0 saturated heterocycles. The van der Waals surface area contributed by atoms with E-state index >= 15 is 0 Å². The Labute approximate surface area is 187 Å². The average Bonchev–Trinajstić information content (AvgIpc) is 2.70. The van der Waals surface area contributed by atoms with Crippen LogP contribution in [0.3, 0.4) is 0 Å². The number of benzene rings is 2. The fourth-order valence-corrected chi connectivity index (χ4v) is 4.31. The Bertz CT molecular complexity index is 1230. The summed E-state index contributed by atoms with van der Waals surface area (Å²) < 4.78 is 27.9. The molecule has 2 aromatic carbocycles. The van der Waals surface area contributed by atoms with Gasteiger partial charge in [0, 0.05) is 13.6 Å². The molecular weight excluding hydrogens is 480 g/mol. The lowest BCUT2D eigenvalue weighted by atomic mass is 10.2. The number of nitrogens with zero attached hydrogens (tertiary/aromatic N) is 3. The summed E-state index contributed by atoms with van der Waals surface area (Å²) in [6, 6.07) is 10.7. The molecule has 0 unspecified atom stereocenters. The van der Waals surface area contributed by atoms with Crippen LogP contribution in [0.2, 0.25) is 20.1 Å². The molecule has 0 aliphatic carbocycles. The third kappa shape index (κ3) is 4.45. The Hall–Kier alpha value is -1.61. The minimum Gasteiger partial charge on any atom is -0.266 e. The number of hydrogen-bond acceptors (Lipinski definition) is 4. The molecular formula is C18H13Cl4N3O3S. The van der Waals surface area contributed by atoms with Gasteiger partial charge < -0.3 is 0 Å². The normalized spacial score (nSPS) is 11.8. The van der Waals surface area contributed by atoms with Gasteiger partial charge in [-0.1, -0.05) is 58.5 Å². The van der Waals surface area contributed by atoms with Gasteiger partial charge >= 0.3 is 0 Å². The summed E-state index contributed by atoms with van der Waals surface area (Å²) in [6.07, 6.45) is 1.23. The number of rotatable bonds is 5. The molecule has 1 heterocycles. The van der Waals surface area contributed by atoms with Crippen LogP contribution in [0.15, 0.2) is 58.4 Å². The zero-order valence-electron chi connectivity index (χ0n) is 14.8. The highest BCUT2D eigenvalue weighted by atomic mass is 35.5. The van der Waals surface area contributed by atoms with Crippen LogP contribution < -0.4 is 5.56 Å². The van der Waals surface area contributed by atoms with E-state index in [1.807, 2.05) is 0 Å². The van der Waals surface area contributed by atoms with Crippen LogP contribution in [0.1, 0.15) is 5.56 Å². The lowest BCUT2D eigenvalue weighted by molar-refractivity contribution is 0.467. The zero-order chi connectivity index (χ0) is 21.3. The van der Waals surface area contributed by atoms with Crippen molar-refractivity contribution in [2.24, 2.45) is 0 Å². The first-order valence-corrected chi connectivity index (χ1v) is 11.0. The Morgan fingerprint density at radius 1 is 0.966 bits per heavy atom. The first-order chi connectivity index (χ1) is 13.6. The number of halogens is 4. The lowest BCUT2D eigenvalue weighted by Crippen LogP contribution is -2.27. The SMILES string of the molecule is CN(Cc1cccc(Cl)c1Cl)S(=O)(=O)c1ccc(-n2ncc(Cl)c(Cl)c2=O)cc1. The molecule has 6 nitrogen and oxygen atoms in total. The molecule has 0 bridgehead atoms. The maximum Gasteiger partial charge on any atom is 0.291 e. The van der Waals surface area contributed by atoms with Crippen LogP contribution in [0, 0.1) is 0 Å². The Kier molecular flexibility index (Phi) is 6.57. The second kappa shape index (κ2) is 8.63. The molecule has 0 saturated carbocycles. The van der Waals surface area contributed by atoms with E-state index in [9.17, 15) is 13.2 Å². The van der Waals surface area contributed by atoms with Gasteiger partial charge in [0.2, 0.25) is 10.0 Å². The quantitative estimate of drug-likeness (QED) is 0.518. The van der Waals surface area contributed by atoms with Crippen molar-refractivity contribution in [1.29, 1.82) is 0 Å². The summed E-state index contributed by atoms with van der Waals surface area (Å²) in [5.41, 5.74) is 0.309. The molecule has 0 aliphatic rings. The standard InChI is InChI=1S/C18H13Cl4N3O3S/c1-24(10-11-3-2-4-14(19)16(11)21)29(27,28)13-7-5-12(6-8-13)25-18(26)17(22)15(20)9-23-25/h2-9H,10H2,1H3. The van der Waals surface area contributed by atoms with Gasteiger partial charge in [-0.3, -0.25) is 4.79 Å². The van der Waals surface area contributed by atoms with E-state index in [1.165, 1.54) is 37.5 Å².